The number of rotatable bonds is 8. The number of aliphatic hydroxyl groups is 2. The Labute approximate surface area is 158 Å². The Morgan fingerprint density at radius 2 is 1.81 bits per heavy atom. The summed E-state index contributed by atoms with van der Waals surface area (Å²) < 4.78 is 21.9. The first-order valence-electron chi connectivity index (χ1n) is 9.43. The summed E-state index contributed by atoms with van der Waals surface area (Å²) in [6.07, 6.45) is -2.53. The molecule has 0 amide bonds. The van der Waals surface area contributed by atoms with Crippen molar-refractivity contribution in [1.82, 2.24) is 0 Å². The number of carboxylic acids is 1. The summed E-state index contributed by atoms with van der Waals surface area (Å²) in [5.41, 5.74) is 0. The van der Waals surface area contributed by atoms with Crippen LogP contribution >= 0.6 is 0 Å². The number of fused-ring (bicyclic) bond motifs is 1. The van der Waals surface area contributed by atoms with E-state index in [0.717, 1.165) is 12.8 Å². The number of esters is 1. The van der Waals surface area contributed by atoms with Crippen LogP contribution in [-0.2, 0) is 28.5 Å². The monoisotopic (exact) mass is 390 g/mol. The molecular weight excluding hydrogens is 360 g/mol. The number of aliphatic carboxylic acids is 1. The summed E-state index contributed by atoms with van der Waals surface area (Å²) in [6, 6.07) is 0. The fourth-order valence-corrected chi connectivity index (χ4v) is 3.16. The molecular formula is C18H30O9. The molecule has 2 aliphatic rings. The van der Waals surface area contributed by atoms with E-state index in [2.05, 4.69) is 13.8 Å². The van der Waals surface area contributed by atoms with E-state index in [9.17, 15) is 19.8 Å². The van der Waals surface area contributed by atoms with Crippen molar-refractivity contribution < 1.29 is 43.9 Å². The number of hydrogen-bond donors (Lipinski definition) is 3. The maximum absolute atomic E-state index is 12.1. The zero-order valence-corrected chi connectivity index (χ0v) is 15.8. The Bertz CT molecular complexity index is 495. The fourth-order valence-electron chi connectivity index (χ4n) is 3.16. The maximum atomic E-state index is 12.1. The molecule has 2 heterocycles. The zero-order chi connectivity index (χ0) is 20.0. The van der Waals surface area contributed by atoms with E-state index < -0.39 is 55.2 Å². The van der Waals surface area contributed by atoms with Gasteiger partial charge < -0.3 is 34.3 Å². The summed E-state index contributed by atoms with van der Waals surface area (Å²) in [6.45, 7) is 3.42. The minimum absolute atomic E-state index is 0.151. The molecule has 0 radical (unpaired) electrons. The zero-order valence-electron chi connectivity index (χ0n) is 15.8. The third-order valence-corrected chi connectivity index (χ3v) is 4.79. The first kappa shape index (κ1) is 22.0. The Morgan fingerprint density at radius 3 is 2.41 bits per heavy atom. The topological polar surface area (TPSA) is 132 Å². The highest BCUT2D eigenvalue weighted by molar-refractivity contribution is 5.70. The standard InChI is InChI=1S/C18H30O9/c1-10(2)5-3-4-6-13(20)27-18-16-15(14(21)12(7-19)26-18)24-8-11(9-25-16)17(22)23/h10-12,14-16,18-19,21H,3-9H2,1-2H3,(H,22,23)/t11-,12-,14-,15+,16-,18+/m1/s1. The van der Waals surface area contributed by atoms with Crippen molar-refractivity contribution in [1.29, 1.82) is 0 Å². The smallest absolute Gasteiger partial charge is 0.311 e. The van der Waals surface area contributed by atoms with E-state index in [1.165, 1.54) is 0 Å². The van der Waals surface area contributed by atoms with Gasteiger partial charge in [0.15, 0.2) is 0 Å². The van der Waals surface area contributed by atoms with Crippen LogP contribution in [0, 0.1) is 11.8 Å². The van der Waals surface area contributed by atoms with Crippen LogP contribution in [0.15, 0.2) is 0 Å². The lowest BCUT2D eigenvalue weighted by molar-refractivity contribution is -0.301. The Balaban J connectivity index is 1.98. The van der Waals surface area contributed by atoms with Gasteiger partial charge in [-0.05, 0) is 12.3 Å². The van der Waals surface area contributed by atoms with Crippen LogP contribution in [0.5, 0.6) is 0 Å². The molecule has 6 atom stereocenters. The van der Waals surface area contributed by atoms with Gasteiger partial charge in [-0.1, -0.05) is 26.7 Å². The predicted octanol–water partition coefficient (Wildman–Crippen LogP) is 0.309. The predicted molar refractivity (Wildman–Crippen MR) is 91.8 cm³/mol. The van der Waals surface area contributed by atoms with Crippen LogP contribution in [0.25, 0.3) is 0 Å². The molecule has 3 N–H and O–H groups in total. The van der Waals surface area contributed by atoms with Gasteiger partial charge in [-0.2, -0.15) is 0 Å². The summed E-state index contributed by atoms with van der Waals surface area (Å²) >= 11 is 0. The molecule has 0 bridgehead atoms. The van der Waals surface area contributed by atoms with Crippen LogP contribution in [0.3, 0.4) is 0 Å². The number of hydrogen-bond acceptors (Lipinski definition) is 8. The van der Waals surface area contributed by atoms with Gasteiger partial charge in [0, 0.05) is 6.42 Å². The number of unbranched alkanes of at least 4 members (excludes halogenated alkanes) is 1. The van der Waals surface area contributed by atoms with Gasteiger partial charge in [-0.3, -0.25) is 9.59 Å². The normalized spacial score (nSPS) is 34.0. The Morgan fingerprint density at radius 1 is 1.15 bits per heavy atom. The third-order valence-electron chi connectivity index (χ3n) is 4.79. The van der Waals surface area contributed by atoms with Crippen molar-refractivity contribution in [2.24, 2.45) is 11.8 Å². The second-order valence-electron chi connectivity index (χ2n) is 7.48. The van der Waals surface area contributed by atoms with Crippen LogP contribution < -0.4 is 0 Å². The van der Waals surface area contributed by atoms with Gasteiger partial charge in [0.05, 0.1) is 19.8 Å². The molecule has 0 unspecified atom stereocenters. The highest BCUT2D eigenvalue weighted by Crippen LogP contribution is 2.30. The highest BCUT2D eigenvalue weighted by atomic mass is 16.7. The number of carboxylic acid groups (broad SMARTS) is 1. The second kappa shape index (κ2) is 10.3. The quantitative estimate of drug-likeness (QED) is 0.396. The maximum Gasteiger partial charge on any atom is 0.311 e. The highest BCUT2D eigenvalue weighted by Gasteiger charge is 2.50. The van der Waals surface area contributed by atoms with Crippen molar-refractivity contribution >= 4 is 11.9 Å². The molecule has 2 aliphatic heterocycles. The van der Waals surface area contributed by atoms with E-state index in [4.69, 9.17) is 24.1 Å². The number of aliphatic hydroxyl groups excluding tert-OH is 2. The van der Waals surface area contributed by atoms with E-state index in [1.807, 2.05) is 0 Å². The molecule has 0 aliphatic carbocycles. The second-order valence-corrected chi connectivity index (χ2v) is 7.48. The van der Waals surface area contributed by atoms with Gasteiger partial charge >= 0.3 is 11.9 Å². The average Bonchev–Trinajstić information content (AvgIpc) is 2.84. The molecule has 2 saturated heterocycles. The van der Waals surface area contributed by atoms with Crippen LogP contribution in [0.1, 0.15) is 39.5 Å². The molecule has 9 heteroatoms. The van der Waals surface area contributed by atoms with Crippen LogP contribution in [0.4, 0.5) is 0 Å². The van der Waals surface area contributed by atoms with Crippen molar-refractivity contribution in [3.63, 3.8) is 0 Å². The number of carbonyl (C=O) groups excluding carboxylic acids is 1. The molecule has 2 rings (SSSR count). The van der Waals surface area contributed by atoms with E-state index >= 15 is 0 Å². The summed E-state index contributed by atoms with van der Waals surface area (Å²) in [4.78, 5) is 23.3. The van der Waals surface area contributed by atoms with E-state index in [-0.39, 0.29) is 19.6 Å². The summed E-state index contributed by atoms with van der Waals surface area (Å²) in [7, 11) is 0. The number of carbonyl (C=O) groups is 2. The van der Waals surface area contributed by atoms with Crippen LogP contribution in [0.2, 0.25) is 0 Å². The lowest BCUT2D eigenvalue weighted by Gasteiger charge is -2.42. The lowest BCUT2D eigenvalue weighted by Crippen LogP contribution is -2.60. The molecule has 9 nitrogen and oxygen atoms in total. The van der Waals surface area contributed by atoms with E-state index in [1.54, 1.807) is 0 Å². The fraction of sp³-hybridized carbons (Fsp3) is 0.889. The molecule has 0 saturated carbocycles. The largest absolute Gasteiger partial charge is 0.481 e. The minimum atomic E-state index is -1.23. The summed E-state index contributed by atoms with van der Waals surface area (Å²) in [5, 5.41) is 28.9. The van der Waals surface area contributed by atoms with Crippen molar-refractivity contribution in [3.8, 4) is 0 Å². The Kier molecular flexibility index (Phi) is 8.43. The molecule has 2 fully saturated rings. The molecule has 0 aromatic heterocycles. The SMILES string of the molecule is CC(C)CCCCC(=O)O[C@@H]1O[C@H](CO)[C@@H](O)[C@@H]2OC[C@@H](C(=O)O)CO[C@@H]12. The molecule has 0 aromatic rings. The molecule has 0 aromatic carbocycles. The van der Waals surface area contributed by atoms with Crippen molar-refractivity contribution in [2.45, 2.75) is 70.2 Å². The first-order chi connectivity index (χ1) is 12.8. The van der Waals surface area contributed by atoms with Crippen molar-refractivity contribution in [3.05, 3.63) is 0 Å². The van der Waals surface area contributed by atoms with Crippen LogP contribution in [-0.4, -0.2) is 77.8 Å². The molecule has 0 spiro atoms. The third kappa shape index (κ3) is 6.11. The van der Waals surface area contributed by atoms with Crippen molar-refractivity contribution in [2.75, 3.05) is 19.8 Å². The molecule has 156 valence electrons. The molecule has 27 heavy (non-hydrogen) atoms. The summed E-state index contributed by atoms with van der Waals surface area (Å²) in [5.74, 6) is -1.89. The number of ether oxygens (including phenoxy) is 4. The van der Waals surface area contributed by atoms with Gasteiger partial charge in [0.25, 0.3) is 0 Å². The Hall–Kier alpha value is -1.26. The van der Waals surface area contributed by atoms with Gasteiger partial charge in [0.2, 0.25) is 6.29 Å². The first-order valence-corrected chi connectivity index (χ1v) is 9.43. The van der Waals surface area contributed by atoms with E-state index in [0.29, 0.717) is 12.3 Å². The average molecular weight is 390 g/mol. The minimum Gasteiger partial charge on any atom is -0.481 e. The van der Waals surface area contributed by atoms with Gasteiger partial charge in [-0.25, -0.2) is 0 Å². The lowest BCUT2D eigenvalue weighted by atomic mass is 9.99. The van der Waals surface area contributed by atoms with Gasteiger partial charge in [0.1, 0.15) is 30.3 Å². The van der Waals surface area contributed by atoms with Gasteiger partial charge in [-0.15, -0.1) is 0 Å².